The van der Waals surface area contributed by atoms with E-state index >= 15 is 0 Å². The number of tetrazole rings is 1. The van der Waals surface area contributed by atoms with Crippen molar-refractivity contribution in [2.45, 2.75) is 26.1 Å². The van der Waals surface area contributed by atoms with Crippen molar-refractivity contribution < 1.29 is 9.47 Å². The highest BCUT2D eigenvalue weighted by molar-refractivity contribution is 4.95. The average Bonchev–Trinajstić information content (AvgIpc) is 3.20. The summed E-state index contributed by atoms with van der Waals surface area (Å²) < 4.78 is 14.7. The van der Waals surface area contributed by atoms with Gasteiger partial charge in [0.2, 0.25) is 0 Å². The van der Waals surface area contributed by atoms with E-state index in [9.17, 15) is 0 Å². The van der Waals surface area contributed by atoms with E-state index in [-0.39, 0.29) is 6.10 Å². The van der Waals surface area contributed by atoms with E-state index < -0.39 is 0 Å². The Balaban J connectivity index is 1.56. The van der Waals surface area contributed by atoms with Crippen molar-refractivity contribution >= 4 is 0 Å². The molecule has 9 nitrogen and oxygen atoms in total. The molecule has 9 heteroatoms. The third-order valence-electron chi connectivity index (χ3n) is 3.92. The molecule has 1 aliphatic rings. The zero-order chi connectivity index (χ0) is 16.1. The third kappa shape index (κ3) is 4.12. The maximum Gasteiger partial charge on any atom is 0.181 e. The molecule has 0 unspecified atom stereocenters. The highest BCUT2D eigenvalue weighted by Gasteiger charge is 2.26. The van der Waals surface area contributed by atoms with Crippen molar-refractivity contribution in [1.82, 2.24) is 34.9 Å². The van der Waals surface area contributed by atoms with Crippen LogP contribution in [0.15, 0.2) is 12.3 Å². The van der Waals surface area contributed by atoms with Crippen LogP contribution in [0.2, 0.25) is 0 Å². The molecule has 0 saturated carbocycles. The van der Waals surface area contributed by atoms with Gasteiger partial charge in [-0.3, -0.25) is 9.58 Å². The molecule has 0 bridgehead atoms. The van der Waals surface area contributed by atoms with Gasteiger partial charge in [0.25, 0.3) is 0 Å². The molecular formula is C14H23N7O2. The standard InChI is InChI=1S/C14H23N7O2/c1-12-3-4-20(16-12)6-5-19-7-10-23-13(11-19)14-15-17-18-21(14)8-9-22-2/h3-4,13H,5-11H2,1-2H3/t13-/m1/s1. The van der Waals surface area contributed by atoms with Crippen LogP contribution in [0.25, 0.3) is 0 Å². The summed E-state index contributed by atoms with van der Waals surface area (Å²) in [6.45, 7) is 7.39. The lowest BCUT2D eigenvalue weighted by Gasteiger charge is -2.32. The smallest absolute Gasteiger partial charge is 0.181 e. The van der Waals surface area contributed by atoms with E-state index in [2.05, 4.69) is 25.5 Å². The second-order valence-electron chi connectivity index (χ2n) is 5.63. The molecule has 1 aliphatic heterocycles. The number of hydrogen-bond donors (Lipinski definition) is 0. The number of methoxy groups -OCH3 is 1. The summed E-state index contributed by atoms with van der Waals surface area (Å²) in [5, 5.41) is 16.3. The van der Waals surface area contributed by atoms with Crippen molar-refractivity contribution in [2.75, 3.05) is 40.0 Å². The molecule has 1 atom stereocenters. The fraction of sp³-hybridized carbons (Fsp3) is 0.714. The van der Waals surface area contributed by atoms with Crippen LogP contribution in [-0.4, -0.2) is 74.8 Å². The largest absolute Gasteiger partial charge is 0.383 e. The lowest BCUT2D eigenvalue weighted by Crippen LogP contribution is -2.41. The fourth-order valence-corrected chi connectivity index (χ4v) is 2.67. The van der Waals surface area contributed by atoms with Crippen molar-refractivity contribution in [1.29, 1.82) is 0 Å². The van der Waals surface area contributed by atoms with Gasteiger partial charge in [-0.2, -0.15) is 5.10 Å². The molecule has 1 fully saturated rings. The number of rotatable bonds is 7. The van der Waals surface area contributed by atoms with Gasteiger partial charge in [0.05, 0.1) is 32.0 Å². The van der Waals surface area contributed by atoms with Crippen LogP contribution in [0.3, 0.4) is 0 Å². The lowest BCUT2D eigenvalue weighted by atomic mass is 10.2. The van der Waals surface area contributed by atoms with E-state index in [1.807, 2.05) is 23.9 Å². The Hall–Kier alpha value is -1.84. The van der Waals surface area contributed by atoms with E-state index in [4.69, 9.17) is 9.47 Å². The predicted octanol–water partition coefficient (Wildman–Crippen LogP) is -0.102. The van der Waals surface area contributed by atoms with Crippen LogP contribution in [0.5, 0.6) is 0 Å². The Morgan fingerprint density at radius 3 is 3.04 bits per heavy atom. The van der Waals surface area contributed by atoms with Gasteiger partial charge in [0, 0.05) is 32.9 Å². The van der Waals surface area contributed by atoms with Crippen LogP contribution in [0.1, 0.15) is 17.6 Å². The van der Waals surface area contributed by atoms with Crippen molar-refractivity contribution in [3.8, 4) is 0 Å². The molecule has 2 aromatic rings. The van der Waals surface area contributed by atoms with Gasteiger partial charge in [-0.1, -0.05) is 0 Å². The first kappa shape index (κ1) is 16.0. The third-order valence-corrected chi connectivity index (χ3v) is 3.92. The zero-order valence-corrected chi connectivity index (χ0v) is 13.6. The highest BCUT2D eigenvalue weighted by atomic mass is 16.5. The topological polar surface area (TPSA) is 83.1 Å². The first-order chi connectivity index (χ1) is 11.3. The van der Waals surface area contributed by atoms with Crippen LogP contribution in [0, 0.1) is 6.92 Å². The number of aryl methyl sites for hydroxylation is 1. The monoisotopic (exact) mass is 321 g/mol. The van der Waals surface area contributed by atoms with Crippen molar-refractivity contribution in [2.24, 2.45) is 0 Å². The molecule has 0 spiro atoms. The molecule has 23 heavy (non-hydrogen) atoms. The summed E-state index contributed by atoms with van der Waals surface area (Å²) in [4.78, 5) is 2.36. The molecule has 126 valence electrons. The summed E-state index contributed by atoms with van der Waals surface area (Å²) in [7, 11) is 1.67. The van der Waals surface area contributed by atoms with Gasteiger partial charge >= 0.3 is 0 Å². The molecule has 0 aromatic carbocycles. The first-order valence-electron chi connectivity index (χ1n) is 7.85. The average molecular weight is 321 g/mol. The summed E-state index contributed by atoms with van der Waals surface area (Å²) in [5.74, 6) is 0.765. The number of nitrogens with zero attached hydrogens (tertiary/aromatic N) is 7. The molecule has 3 heterocycles. The maximum absolute atomic E-state index is 5.86. The summed E-state index contributed by atoms with van der Waals surface area (Å²) >= 11 is 0. The Morgan fingerprint density at radius 1 is 1.35 bits per heavy atom. The van der Waals surface area contributed by atoms with E-state index in [1.165, 1.54) is 0 Å². The minimum atomic E-state index is -0.102. The quantitative estimate of drug-likeness (QED) is 0.704. The Kier molecular flexibility index (Phi) is 5.31. The Morgan fingerprint density at radius 2 is 2.26 bits per heavy atom. The van der Waals surface area contributed by atoms with Crippen molar-refractivity contribution in [3.63, 3.8) is 0 Å². The van der Waals surface area contributed by atoms with Gasteiger partial charge in [0.15, 0.2) is 5.82 Å². The predicted molar refractivity (Wildman–Crippen MR) is 81.8 cm³/mol. The molecule has 1 saturated heterocycles. The number of ether oxygens (including phenoxy) is 2. The second-order valence-corrected chi connectivity index (χ2v) is 5.63. The van der Waals surface area contributed by atoms with Crippen LogP contribution in [0.4, 0.5) is 0 Å². The molecule has 0 aliphatic carbocycles. The molecular weight excluding hydrogens is 298 g/mol. The van der Waals surface area contributed by atoms with Gasteiger partial charge in [-0.15, -0.1) is 5.10 Å². The van der Waals surface area contributed by atoms with E-state index in [1.54, 1.807) is 11.8 Å². The Labute approximate surface area is 135 Å². The SMILES string of the molecule is COCCn1nnnc1[C@H]1CN(CCn2ccc(C)n2)CCO1. The van der Waals surface area contributed by atoms with Crippen LogP contribution < -0.4 is 0 Å². The summed E-state index contributed by atoms with van der Waals surface area (Å²) in [5.41, 5.74) is 1.04. The molecule has 0 N–H and O–H groups in total. The Bertz CT molecular complexity index is 612. The molecule has 3 rings (SSSR count). The lowest BCUT2D eigenvalue weighted by molar-refractivity contribution is -0.0378. The summed E-state index contributed by atoms with van der Waals surface area (Å²) in [6.07, 6.45) is 1.91. The van der Waals surface area contributed by atoms with Crippen LogP contribution in [-0.2, 0) is 22.6 Å². The van der Waals surface area contributed by atoms with Gasteiger partial charge in [0.1, 0.15) is 6.10 Å². The number of morpholine rings is 1. The van der Waals surface area contributed by atoms with Crippen molar-refractivity contribution in [3.05, 3.63) is 23.8 Å². The van der Waals surface area contributed by atoms with Gasteiger partial charge in [-0.25, -0.2) is 4.68 Å². The second kappa shape index (κ2) is 7.62. The zero-order valence-electron chi connectivity index (χ0n) is 13.6. The summed E-state index contributed by atoms with van der Waals surface area (Å²) in [6, 6.07) is 2.02. The van der Waals surface area contributed by atoms with Crippen LogP contribution >= 0.6 is 0 Å². The number of hydrogen-bond acceptors (Lipinski definition) is 7. The highest BCUT2D eigenvalue weighted by Crippen LogP contribution is 2.19. The van der Waals surface area contributed by atoms with E-state index in [0.717, 1.165) is 37.7 Å². The number of aromatic nitrogens is 6. The van der Waals surface area contributed by atoms with E-state index in [0.29, 0.717) is 19.8 Å². The molecule has 0 amide bonds. The molecule has 2 aromatic heterocycles. The minimum Gasteiger partial charge on any atom is -0.383 e. The van der Waals surface area contributed by atoms with Gasteiger partial charge in [-0.05, 0) is 23.4 Å². The first-order valence-corrected chi connectivity index (χ1v) is 7.85. The fourth-order valence-electron chi connectivity index (χ4n) is 2.67. The normalized spacial score (nSPS) is 19.3. The van der Waals surface area contributed by atoms with Gasteiger partial charge < -0.3 is 9.47 Å². The minimum absolute atomic E-state index is 0.102. The maximum atomic E-state index is 5.86. The molecule has 0 radical (unpaired) electrons.